The third kappa shape index (κ3) is 1.85. The topological polar surface area (TPSA) is 26.0 Å². The molecule has 0 radical (unpaired) electrons. The van der Waals surface area contributed by atoms with Crippen molar-refractivity contribution >= 4 is 0 Å². The molecule has 3 heteroatoms. The van der Waals surface area contributed by atoms with Crippen molar-refractivity contribution < 1.29 is 8.78 Å². The summed E-state index contributed by atoms with van der Waals surface area (Å²) >= 11 is 0. The first-order valence-electron chi connectivity index (χ1n) is 5.22. The van der Waals surface area contributed by atoms with Gasteiger partial charge >= 0.3 is 0 Å². The highest BCUT2D eigenvalue weighted by Crippen LogP contribution is 2.43. The fraction of sp³-hybridized carbons (Fsp3) is 1.00. The van der Waals surface area contributed by atoms with Gasteiger partial charge in [0.1, 0.15) is 0 Å². The molecule has 2 fully saturated rings. The van der Waals surface area contributed by atoms with Crippen molar-refractivity contribution in [3.8, 4) is 0 Å². The highest BCUT2D eigenvalue weighted by atomic mass is 19.3. The molecule has 0 bridgehead atoms. The molecule has 0 aliphatic heterocycles. The normalized spacial score (nSPS) is 35.8. The number of alkyl halides is 2. The third-order valence-corrected chi connectivity index (χ3v) is 3.68. The smallest absolute Gasteiger partial charge is 0.248 e. The Morgan fingerprint density at radius 1 is 1.15 bits per heavy atom. The van der Waals surface area contributed by atoms with Crippen LogP contribution in [0.4, 0.5) is 8.78 Å². The van der Waals surface area contributed by atoms with E-state index in [4.69, 9.17) is 5.73 Å². The zero-order valence-electron chi connectivity index (χ0n) is 7.81. The van der Waals surface area contributed by atoms with Crippen molar-refractivity contribution in [2.75, 3.05) is 0 Å². The summed E-state index contributed by atoms with van der Waals surface area (Å²) in [5.74, 6) is -1.80. The quantitative estimate of drug-likeness (QED) is 0.709. The van der Waals surface area contributed by atoms with Crippen molar-refractivity contribution in [2.45, 2.75) is 50.5 Å². The minimum atomic E-state index is -2.42. The van der Waals surface area contributed by atoms with Crippen LogP contribution in [0.25, 0.3) is 0 Å². The lowest BCUT2D eigenvalue weighted by Crippen LogP contribution is -2.40. The predicted molar refractivity (Wildman–Crippen MR) is 47.6 cm³/mol. The molecule has 0 saturated heterocycles. The Morgan fingerprint density at radius 3 is 2.23 bits per heavy atom. The maximum absolute atomic E-state index is 12.9. The van der Waals surface area contributed by atoms with Crippen LogP contribution in [0.1, 0.15) is 38.5 Å². The summed E-state index contributed by atoms with van der Waals surface area (Å²) in [7, 11) is 0. The Kier molecular flexibility index (Phi) is 2.30. The van der Waals surface area contributed by atoms with Gasteiger partial charge in [-0.15, -0.1) is 0 Å². The van der Waals surface area contributed by atoms with Gasteiger partial charge in [-0.2, -0.15) is 0 Å². The lowest BCUT2D eigenvalue weighted by atomic mass is 9.75. The van der Waals surface area contributed by atoms with Crippen molar-refractivity contribution in [3.63, 3.8) is 0 Å². The molecule has 0 aromatic rings. The summed E-state index contributed by atoms with van der Waals surface area (Å²) in [4.78, 5) is 0. The van der Waals surface area contributed by atoms with Crippen LogP contribution in [0, 0.1) is 11.8 Å². The van der Waals surface area contributed by atoms with E-state index in [1.54, 1.807) is 0 Å². The Hall–Kier alpha value is -0.180. The van der Waals surface area contributed by atoms with Crippen LogP contribution in [-0.4, -0.2) is 12.0 Å². The van der Waals surface area contributed by atoms with Gasteiger partial charge in [0.25, 0.3) is 0 Å². The molecule has 2 aliphatic rings. The first kappa shape index (κ1) is 9.38. The maximum atomic E-state index is 12.9. The van der Waals surface area contributed by atoms with Crippen LogP contribution in [0.5, 0.6) is 0 Å². The van der Waals surface area contributed by atoms with E-state index in [1.165, 1.54) is 6.42 Å². The van der Waals surface area contributed by atoms with E-state index in [0.29, 0.717) is 12.3 Å². The molecule has 1 nitrogen and oxygen atoms in total. The fourth-order valence-electron chi connectivity index (χ4n) is 2.52. The van der Waals surface area contributed by atoms with Gasteiger partial charge in [-0.3, -0.25) is 0 Å². The summed E-state index contributed by atoms with van der Waals surface area (Å²) in [6, 6.07) is 0.0436. The van der Waals surface area contributed by atoms with Gasteiger partial charge in [0.15, 0.2) is 0 Å². The summed E-state index contributed by atoms with van der Waals surface area (Å²) in [6.07, 6.45) is 4.27. The number of nitrogens with two attached hydrogens (primary N) is 1. The second kappa shape index (κ2) is 3.19. The summed E-state index contributed by atoms with van der Waals surface area (Å²) in [5.41, 5.74) is 5.97. The van der Waals surface area contributed by atoms with Gasteiger partial charge in [-0.05, 0) is 31.1 Å². The van der Waals surface area contributed by atoms with Crippen LogP contribution < -0.4 is 5.73 Å². The van der Waals surface area contributed by atoms with Gasteiger partial charge in [0, 0.05) is 18.9 Å². The molecule has 0 heterocycles. The molecule has 13 heavy (non-hydrogen) atoms. The van der Waals surface area contributed by atoms with Crippen molar-refractivity contribution in [3.05, 3.63) is 0 Å². The molecule has 2 N–H and O–H groups in total. The van der Waals surface area contributed by atoms with E-state index in [2.05, 4.69) is 0 Å². The van der Waals surface area contributed by atoms with Gasteiger partial charge in [-0.25, -0.2) is 8.78 Å². The Morgan fingerprint density at radius 2 is 1.85 bits per heavy atom. The zero-order chi connectivity index (χ0) is 9.47. The Labute approximate surface area is 77.7 Å². The van der Waals surface area contributed by atoms with E-state index in [0.717, 1.165) is 12.8 Å². The van der Waals surface area contributed by atoms with Crippen LogP contribution in [0.2, 0.25) is 0 Å². The lowest BCUT2D eigenvalue weighted by molar-refractivity contribution is 0.00204. The number of rotatable bonds is 2. The van der Waals surface area contributed by atoms with Gasteiger partial charge < -0.3 is 5.73 Å². The standard InChI is InChI=1S/C10H17F2N/c11-10(12)5-4-8(6-10)9(13)7-2-1-3-7/h7-9H,1-6,13H2. The fourth-order valence-corrected chi connectivity index (χ4v) is 2.52. The predicted octanol–water partition coefficient (Wildman–Crippen LogP) is 2.55. The monoisotopic (exact) mass is 189 g/mol. The Balaban J connectivity index is 1.87. The van der Waals surface area contributed by atoms with Crippen LogP contribution >= 0.6 is 0 Å². The van der Waals surface area contributed by atoms with Gasteiger partial charge in [-0.1, -0.05) is 6.42 Å². The largest absolute Gasteiger partial charge is 0.327 e. The first-order valence-corrected chi connectivity index (χ1v) is 5.22. The maximum Gasteiger partial charge on any atom is 0.248 e. The molecule has 76 valence electrons. The van der Waals surface area contributed by atoms with E-state index >= 15 is 0 Å². The molecule has 0 amide bonds. The summed E-state index contributed by atoms with van der Waals surface area (Å²) in [5, 5.41) is 0. The number of hydrogen-bond donors (Lipinski definition) is 1. The highest BCUT2D eigenvalue weighted by molar-refractivity contribution is 4.92. The lowest BCUT2D eigenvalue weighted by Gasteiger charge is -2.34. The minimum absolute atomic E-state index is 0.0324. The second-order valence-electron chi connectivity index (χ2n) is 4.63. The van der Waals surface area contributed by atoms with Crippen molar-refractivity contribution in [2.24, 2.45) is 17.6 Å². The Bertz CT molecular complexity index is 189. The molecule has 2 aliphatic carbocycles. The number of halogens is 2. The molecule has 2 saturated carbocycles. The SMILES string of the molecule is NC(C1CCC1)C1CCC(F)(F)C1. The van der Waals surface area contributed by atoms with E-state index in [-0.39, 0.29) is 24.8 Å². The third-order valence-electron chi connectivity index (χ3n) is 3.68. The van der Waals surface area contributed by atoms with Crippen molar-refractivity contribution in [1.29, 1.82) is 0 Å². The van der Waals surface area contributed by atoms with E-state index in [9.17, 15) is 8.78 Å². The van der Waals surface area contributed by atoms with Crippen molar-refractivity contribution in [1.82, 2.24) is 0 Å². The molecule has 2 unspecified atom stereocenters. The molecule has 0 spiro atoms. The molecular weight excluding hydrogens is 172 g/mol. The van der Waals surface area contributed by atoms with Crippen LogP contribution in [0.15, 0.2) is 0 Å². The highest BCUT2D eigenvalue weighted by Gasteiger charge is 2.43. The van der Waals surface area contributed by atoms with E-state index in [1.807, 2.05) is 0 Å². The molecule has 0 aromatic heterocycles. The van der Waals surface area contributed by atoms with Crippen LogP contribution in [-0.2, 0) is 0 Å². The average Bonchev–Trinajstić information content (AvgIpc) is 2.26. The molecule has 2 rings (SSSR count). The molecular formula is C10H17F2N. The van der Waals surface area contributed by atoms with Gasteiger partial charge in [0.2, 0.25) is 5.92 Å². The number of hydrogen-bond acceptors (Lipinski definition) is 1. The first-order chi connectivity index (χ1) is 6.08. The van der Waals surface area contributed by atoms with Crippen LogP contribution in [0.3, 0.4) is 0 Å². The summed E-state index contributed by atoms with van der Waals surface area (Å²) < 4.78 is 25.8. The van der Waals surface area contributed by atoms with E-state index < -0.39 is 5.92 Å². The zero-order valence-corrected chi connectivity index (χ0v) is 7.81. The second-order valence-corrected chi connectivity index (χ2v) is 4.63. The summed E-state index contributed by atoms with van der Waals surface area (Å²) in [6.45, 7) is 0. The van der Waals surface area contributed by atoms with Gasteiger partial charge in [0.05, 0.1) is 0 Å². The molecule has 2 atom stereocenters. The molecule has 0 aromatic carbocycles. The average molecular weight is 189 g/mol. The minimum Gasteiger partial charge on any atom is -0.327 e.